The van der Waals surface area contributed by atoms with Gasteiger partial charge in [-0.2, -0.15) is 4.99 Å². The number of hydrogen-bond donors (Lipinski definition) is 0. The molecular formula is C20H19ClN2O4S. The predicted octanol–water partition coefficient (Wildman–Crippen LogP) is 3.79. The Morgan fingerprint density at radius 1 is 1.25 bits per heavy atom. The highest BCUT2D eigenvalue weighted by atomic mass is 35.5. The van der Waals surface area contributed by atoms with Crippen LogP contribution in [0.4, 0.5) is 0 Å². The lowest BCUT2D eigenvalue weighted by Gasteiger charge is -2.05. The second kappa shape index (κ2) is 8.34. The molecule has 0 N–H and O–H groups in total. The Labute approximate surface area is 170 Å². The van der Waals surface area contributed by atoms with Gasteiger partial charge in [-0.15, -0.1) is 0 Å². The summed E-state index contributed by atoms with van der Waals surface area (Å²) < 4.78 is 19.1. The van der Waals surface area contributed by atoms with Gasteiger partial charge >= 0.3 is 0 Å². The monoisotopic (exact) mass is 418 g/mol. The molecule has 0 aliphatic carbocycles. The van der Waals surface area contributed by atoms with E-state index in [0.717, 1.165) is 15.8 Å². The summed E-state index contributed by atoms with van der Waals surface area (Å²) >= 11 is 7.57. The van der Waals surface area contributed by atoms with Gasteiger partial charge in [0.05, 0.1) is 23.2 Å². The van der Waals surface area contributed by atoms with Gasteiger partial charge in [0.25, 0.3) is 5.91 Å². The topological polar surface area (TPSA) is 62.1 Å². The third-order valence-corrected chi connectivity index (χ3v) is 5.60. The van der Waals surface area contributed by atoms with Crippen LogP contribution in [0.3, 0.4) is 0 Å². The smallest absolute Gasteiger partial charge is 0.252 e. The third-order valence-electron chi connectivity index (χ3n) is 4.32. The number of carbonyl (C=O) groups excluding carboxylic acids is 1. The van der Waals surface area contributed by atoms with Crippen LogP contribution in [0.1, 0.15) is 12.5 Å². The molecule has 0 saturated carbocycles. The van der Waals surface area contributed by atoms with Crippen LogP contribution in [0, 0.1) is 0 Å². The molecule has 0 saturated heterocycles. The molecule has 1 amide bonds. The molecule has 2 aromatic carbocycles. The van der Waals surface area contributed by atoms with Crippen molar-refractivity contribution in [2.24, 2.45) is 4.99 Å². The van der Waals surface area contributed by atoms with Crippen molar-refractivity contribution < 1.29 is 19.0 Å². The maximum Gasteiger partial charge on any atom is 0.252 e. The van der Waals surface area contributed by atoms with Gasteiger partial charge in [-0.1, -0.05) is 29.0 Å². The average Bonchev–Trinajstić information content (AvgIpc) is 3.25. The molecular weight excluding hydrogens is 400 g/mol. The van der Waals surface area contributed by atoms with E-state index >= 15 is 0 Å². The van der Waals surface area contributed by atoms with Crippen molar-refractivity contribution in [1.29, 1.82) is 0 Å². The van der Waals surface area contributed by atoms with E-state index < -0.39 is 0 Å². The summed E-state index contributed by atoms with van der Waals surface area (Å²) in [6.07, 6.45) is 0.192. The minimum absolute atomic E-state index is 0.192. The molecule has 6 nitrogen and oxygen atoms in total. The Morgan fingerprint density at radius 2 is 2.11 bits per heavy atom. The fourth-order valence-electron chi connectivity index (χ4n) is 3.02. The summed E-state index contributed by atoms with van der Waals surface area (Å²) in [4.78, 5) is 17.6. The van der Waals surface area contributed by atoms with Gasteiger partial charge in [0.1, 0.15) is 0 Å². The van der Waals surface area contributed by atoms with Crippen LogP contribution in [0.5, 0.6) is 11.5 Å². The maximum atomic E-state index is 12.6. The number of ether oxygens (including phenoxy) is 3. The molecule has 3 aromatic rings. The standard InChI is InChI=1S/C20H19ClN2O4S/c1-2-25-8-7-23-15-5-4-14(21)11-18(15)28-20(23)22-19(24)10-13-3-6-16-17(9-13)27-12-26-16/h3-6,9,11H,2,7-8,10,12H2,1H3. The van der Waals surface area contributed by atoms with Crippen LogP contribution in [0.25, 0.3) is 10.2 Å². The van der Waals surface area contributed by atoms with Gasteiger partial charge in [0, 0.05) is 18.2 Å². The molecule has 0 spiro atoms. The first-order valence-corrected chi connectivity index (χ1v) is 10.2. The first-order chi connectivity index (χ1) is 13.6. The molecule has 2 heterocycles. The third kappa shape index (κ3) is 4.06. The number of halogens is 1. The highest BCUT2D eigenvalue weighted by Gasteiger charge is 2.15. The molecule has 0 radical (unpaired) electrons. The van der Waals surface area contributed by atoms with Crippen LogP contribution < -0.4 is 14.3 Å². The Bertz CT molecular complexity index is 1090. The van der Waals surface area contributed by atoms with Gasteiger partial charge in [-0.25, -0.2) is 0 Å². The summed E-state index contributed by atoms with van der Waals surface area (Å²) in [7, 11) is 0. The lowest BCUT2D eigenvalue weighted by molar-refractivity contribution is -0.117. The summed E-state index contributed by atoms with van der Waals surface area (Å²) in [6.45, 7) is 3.97. The number of thiazole rings is 1. The van der Waals surface area contributed by atoms with Gasteiger partial charge in [0.2, 0.25) is 6.79 Å². The Balaban J connectivity index is 1.63. The van der Waals surface area contributed by atoms with Gasteiger partial charge in [-0.05, 0) is 42.8 Å². The Morgan fingerprint density at radius 3 is 2.96 bits per heavy atom. The molecule has 28 heavy (non-hydrogen) atoms. The minimum Gasteiger partial charge on any atom is -0.454 e. The fraction of sp³-hybridized carbons (Fsp3) is 0.300. The maximum absolute atomic E-state index is 12.6. The molecule has 0 atom stereocenters. The molecule has 0 fully saturated rings. The first kappa shape index (κ1) is 19.0. The number of carbonyl (C=O) groups is 1. The highest BCUT2D eigenvalue weighted by molar-refractivity contribution is 7.16. The van der Waals surface area contributed by atoms with Crippen molar-refractivity contribution in [3.05, 3.63) is 51.8 Å². The van der Waals surface area contributed by atoms with Crippen LogP contribution >= 0.6 is 22.9 Å². The minimum atomic E-state index is -0.221. The first-order valence-electron chi connectivity index (χ1n) is 8.97. The van der Waals surface area contributed by atoms with Gasteiger partial charge in [0.15, 0.2) is 16.3 Å². The van der Waals surface area contributed by atoms with E-state index in [1.54, 1.807) is 0 Å². The molecule has 0 bridgehead atoms. The number of amides is 1. The van der Waals surface area contributed by atoms with E-state index in [9.17, 15) is 4.79 Å². The number of rotatable bonds is 6. The van der Waals surface area contributed by atoms with E-state index in [2.05, 4.69) is 4.99 Å². The zero-order valence-corrected chi connectivity index (χ0v) is 16.9. The Hall–Kier alpha value is -2.35. The van der Waals surface area contributed by atoms with Crippen molar-refractivity contribution in [2.45, 2.75) is 19.9 Å². The van der Waals surface area contributed by atoms with E-state index in [4.69, 9.17) is 25.8 Å². The normalized spacial score (nSPS) is 13.4. The quantitative estimate of drug-likeness (QED) is 0.571. The molecule has 4 rings (SSSR count). The van der Waals surface area contributed by atoms with Crippen molar-refractivity contribution in [3.63, 3.8) is 0 Å². The van der Waals surface area contributed by atoms with Crippen molar-refractivity contribution in [3.8, 4) is 11.5 Å². The molecule has 1 aliphatic heterocycles. The van der Waals surface area contributed by atoms with Crippen LogP contribution in [-0.2, 0) is 22.5 Å². The lowest BCUT2D eigenvalue weighted by atomic mass is 10.1. The van der Waals surface area contributed by atoms with E-state index in [1.807, 2.05) is 47.9 Å². The number of nitrogens with zero attached hydrogens (tertiary/aromatic N) is 2. The average molecular weight is 419 g/mol. The van der Waals surface area contributed by atoms with E-state index in [0.29, 0.717) is 41.1 Å². The van der Waals surface area contributed by atoms with Gasteiger partial charge in [-0.3, -0.25) is 4.79 Å². The summed E-state index contributed by atoms with van der Waals surface area (Å²) in [5, 5.41) is 0.656. The summed E-state index contributed by atoms with van der Waals surface area (Å²) in [6, 6.07) is 11.2. The molecule has 8 heteroatoms. The molecule has 0 unspecified atom stereocenters. The van der Waals surface area contributed by atoms with E-state index in [1.165, 1.54) is 11.3 Å². The van der Waals surface area contributed by atoms with Crippen LogP contribution in [0.15, 0.2) is 41.4 Å². The highest BCUT2D eigenvalue weighted by Crippen LogP contribution is 2.32. The van der Waals surface area contributed by atoms with Crippen molar-refractivity contribution in [2.75, 3.05) is 20.0 Å². The molecule has 1 aliphatic rings. The second-order valence-electron chi connectivity index (χ2n) is 6.22. The Kier molecular flexibility index (Phi) is 5.66. The largest absolute Gasteiger partial charge is 0.454 e. The second-order valence-corrected chi connectivity index (χ2v) is 7.66. The summed E-state index contributed by atoms with van der Waals surface area (Å²) in [5.74, 6) is 1.14. The molecule has 1 aromatic heterocycles. The number of fused-ring (bicyclic) bond motifs is 2. The lowest BCUT2D eigenvalue weighted by Crippen LogP contribution is -2.20. The zero-order chi connectivity index (χ0) is 19.5. The number of hydrogen-bond acceptors (Lipinski definition) is 5. The number of aromatic nitrogens is 1. The summed E-state index contributed by atoms with van der Waals surface area (Å²) in [5.41, 5.74) is 1.83. The van der Waals surface area contributed by atoms with Crippen molar-refractivity contribution in [1.82, 2.24) is 4.57 Å². The van der Waals surface area contributed by atoms with E-state index in [-0.39, 0.29) is 19.1 Å². The number of benzene rings is 2. The SMILES string of the molecule is CCOCCn1c(=NC(=O)Cc2ccc3c(c2)OCO3)sc2cc(Cl)ccc21. The van der Waals surface area contributed by atoms with Gasteiger partial charge < -0.3 is 18.8 Å². The zero-order valence-electron chi connectivity index (χ0n) is 15.3. The predicted molar refractivity (Wildman–Crippen MR) is 108 cm³/mol. The van der Waals surface area contributed by atoms with Crippen LogP contribution in [0.2, 0.25) is 5.02 Å². The van der Waals surface area contributed by atoms with Crippen molar-refractivity contribution >= 4 is 39.1 Å². The van der Waals surface area contributed by atoms with Crippen LogP contribution in [-0.4, -0.2) is 30.5 Å². The fourth-order valence-corrected chi connectivity index (χ4v) is 4.37. The molecule has 146 valence electrons.